The molecule has 0 aliphatic carbocycles. The molecule has 0 saturated carbocycles. The molecule has 1 amide bonds. The number of hydrogen-bond donors (Lipinski definition) is 0. The second-order valence-electron chi connectivity index (χ2n) is 6.25. The first-order valence-corrected chi connectivity index (χ1v) is 8.03. The minimum atomic E-state index is 0.101. The molecule has 0 spiro atoms. The molecule has 2 aromatic rings. The number of benzene rings is 1. The Kier molecular flexibility index (Phi) is 5.99. The summed E-state index contributed by atoms with van der Waals surface area (Å²) in [7, 11) is 1.82. The van der Waals surface area contributed by atoms with Gasteiger partial charge in [0.1, 0.15) is 11.5 Å². The van der Waals surface area contributed by atoms with Crippen molar-refractivity contribution in [2.24, 2.45) is 0 Å². The van der Waals surface area contributed by atoms with Gasteiger partial charge in [-0.3, -0.25) is 9.69 Å². The molecule has 0 fully saturated rings. The summed E-state index contributed by atoms with van der Waals surface area (Å²) >= 11 is 0. The molecule has 23 heavy (non-hydrogen) atoms. The number of nitrogens with zero attached hydrogens (tertiary/aromatic N) is 2. The summed E-state index contributed by atoms with van der Waals surface area (Å²) in [5.74, 6) is 1.79. The zero-order valence-corrected chi connectivity index (χ0v) is 14.5. The number of carbonyl (C=O) groups is 1. The van der Waals surface area contributed by atoms with Crippen LogP contribution >= 0.6 is 0 Å². The SMILES string of the molecule is Cc1ccc(CN(C)C(=O)CN(Cc2ccccc2)C(C)C)o1. The number of hydrogen-bond acceptors (Lipinski definition) is 3. The van der Waals surface area contributed by atoms with E-state index >= 15 is 0 Å². The van der Waals surface area contributed by atoms with Crippen molar-refractivity contribution < 1.29 is 9.21 Å². The van der Waals surface area contributed by atoms with Gasteiger partial charge in [0.05, 0.1) is 13.1 Å². The van der Waals surface area contributed by atoms with E-state index in [9.17, 15) is 4.79 Å². The molecule has 1 heterocycles. The lowest BCUT2D eigenvalue weighted by Gasteiger charge is -2.28. The highest BCUT2D eigenvalue weighted by Crippen LogP contribution is 2.11. The third-order valence-corrected chi connectivity index (χ3v) is 3.91. The van der Waals surface area contributed by atoms with E-state index in [0.717, 1.165) is 18.1 Å². The lowest BCUT2D eigenvalue weighted by Crippen LogP contribution is -2.40. The molecule has 0 aliphatic heterocycles. The standard InChI is InChI=1S/C19H26N2O2/c1-15(2)21(12-17-8-6-5-7-9-17)14-19(22)20(4)13-18-11-10-16(3)23-18/h5-11,15H,12-14H2,1-4H3. The van der Waals surface area contributed by atoms with Crippen LogP contribution in [0.1, 0.15) is 30.9 Å². The van der Waals surface area contributed by atoms with Crippen molar-refractivity contribution >= 4 is 5.91 Å². The van der Waals surface area contributed by atoms with Crippen LogP contribution in [-0.2, 0) is 17.9 Å². The molecule has 0 unspecified atom stereocenters. The molecule has 0 atom stereocenters. The molecule has 4 heteroatoms. The van der Waals surface area contributed by atoms with Crippen LogP contribution in [0.25, 0.3) is 0 Å². The van der Waals surface area contributed by atoms with Gasteiger partial charge in [-0.2, -0.15) is 0 Å². The van der Waals surface area contributed by atoms with Gasteiger partial charge in [-0.1, -0.05) is 30.3 Å². The van der Waals surface area contributed by atoms with Crippen molar-refractivity contribution in [3.05, 3.63) is 59.5 Å². The van der Waals surface area contributed by atoms with E-state index in [1.54, 1.807) is 4.90 Å². The monoisotopic (exact) mass is 314 g/mol. The van der Waals surface area contributed by atoms with E-state index in [4.69, 9.17) is 4.42 Å². The molecule has 1 aromatic heterocycles. The molecule has 0 radical (unpaired) electrons. The Morgan fingerprint density at radius 2 is 1.78 bits per heavy atom. The largest absolute Gasteiger partial charge is 0.464 e. The van der Waals surface area contributed by atoms with Crippen molar-refractivity contribution in [2.45, 2.75) is 39.9 Å². The molecule has 4 nitrogen and oxygen atoms in total. The molecule has 124 valence electrons. The van der Waals surface area contributed by atoms with Gasteiger partial charge >= 0.3 is 0 Å². The molecule has 1 aromatic carbocycles. The summed E-state index contributed by atoms with van der Waals surface area (Å²) in [6.07, 6.45) is 0. The van der Waals surface area contributed by atoms with Crippen LogP contribution in [0, 0.1) is 6.92 Å². The Morgan fingerprint density at radius 3 is 2.35 bits per heavy atom. The van der Waals surface area contributed by atoms with Gasteiger partial charge < -0.3 is 9.32 Å². The minimum absolute atomic E-state index is 0.101. The average molecular weight is 314 g/mol. The van der Waals surface area contributed by atoms with Gasteiger partial charge in [-0.25, -0.2) is 0 Å². The molecule has 0 bridgehead atoms. The van der Waals surface area contributed by atoms with Crippen molar-refractivity contribution in [3.8, 4) is 0 Å². The first-order chi connectivity index (χ1) is 11.0. The summed E-state index contributed by atoms with van der Waals surface area (Å²) in [4.78, 5) is 16.4. The Balaban J connectivity index is 1.94. The third-order valence-electron chi connectivity index (χ3n) is 3.91. The normalized spacial score (nSPS) is 11.2. The summed E-state index contributed by atoms with van der Waals surface area (Å²) in [6.45, 7) is 7.83. The van der Waals surface area contributed by atoms with Crippen molar-refractivity contribution in [3.63, 3.8) is 0 Å². The first-order valence-electron chi connectivity index (χ1n) is 8.03. The topological polar surface area (TPSA) is 36.7 Å². The molecule has 2 rings (SSSR count). The number of likely N-dealkylation sites (N-methyl/N-ethyl adjacent to an activating group) is 1. The van der Waals surface area contributed by atoms with Gasteiger partial charge in [0, 0.05) is 19.6 Å². The summed E-state index contributed by atoms with van der Waals surface area (Å²) in [6, 6.07) is 14.4. The smallest absolute Gasteiger partial charge is 0.236 e. The van der Waals surface area contributed by atoms with E-state index < -0.39 is 0 Å². The van der Waals surface area contributed by atoms with Gasteiger partial charge in [-0.05, 0) is 38.5 Å². The van der Waals surface area contributed by atoms with E-state index in [1.807, 2.05) is 44.3 Å². The zero-order valence-electron chi connectivity index (χ0n) is 14.5. The van der Waals surface area contributed by atoms with E-state index in [2.05, 4.69) is 30.9 Å². The maximum atomic E-state index is 12.5. The Hall–Kier alpha value is -2.07. The zero-order chi connectivity index (χ0) is 16.8. The van der Waals surface area contributed by atoms with Crippen LogP contribution in [0.4, 0.5) is 0 Å². The number of rotatable bonds is 7. The third kappa shape index (κ3) is 5.25. The second kappa shape index (κ2) is 7.97. The van der Waals surface area contributed by atoms with Crippen molar-refractivity contribution in [2.75, 3.05) is 13.6 Å². The summed E-state index contributed by atoms with van der Waals surface area (Å²) in [5.41, 5.74) is 1.22. The maximum Gasteiger partial charge on any atom is 0.236 e. The van der Waals surface area contributed by atoms with E-state index in [-0.39, 0.29) is 5.91 Å². The minimum Gasteiger partial charge on any atom is -0.464 e. The highest BCUT2D eigenvalue weighted by Gasteiger charge is 2.18. The number of amides is 1. The van der Waals surface area contributed by atoms with Crippen LogP contribution < -0.4 is 0 Å². The highest BCUT2D eigenvalue weighted by atomic mass is 16.3. The van der Waals surface area contributed by atoms with Gasteiger partial charge in [0.25, 0.3) is 0 Å². The predicted molar refractivity (Wildman–Crippen MR) is 91.9 cm³/mol. The lowest BCUT2D eigenvalue weighted by molar-refractivity contribution is -0.132. The second-order valence-corrected chi connectivity index (χ2v) is 6.25. The number of aryl methyl sites for hydroxylation is 1. The average Bonchev–Trinajstić information content (AvgIpc) is 2.92. The highest BCUT2D eigenvalue weighted by molar-refractivity contribution is 5.78. The lowest BCUT2D eigenvalue weighted by atomic mass is 10.2. The van der Waals surface area contributed by atoms with E-state index in [1.165, 1.54) is 5.56 Å². The number of carbonyl (C=O) groups excluding carboxylic acids is 1. The van der Waals surface area contributed by atoms with Crippen LogP contribution in [0.15, 0.2) is 46.9 Å². The van der Waals surface area contributed by atoms with Gasteiger partial charge in [0.2, 0.25) is 5.91 Å². The van der Waals surface area contributed by atoms with Crippen LogP contribution in [0.5, 0.6) is 0 Å². The Labute approximate surface area is 138 Å². The quantitative estimate of drug-likeness (QED) is 0.785. The molecule has 0 aliphatic rings. The molecular weight excluding hydrogens is 288 g/mol. The maximum absolute atomic E-state index is 12.5. The summed E-state index contributed by atoms with van der Waals surface area (Å²) < 4.78 is 5.54. The number of furan rings is 1. The Bertz CT molecular complexity index is 619. The fraction of sp³-hybridized carbons (Fsp3) is 0.421. The molecule has 0 N–H and O–H groups in total. The van der Waals surface area contributed by atoms with Crippen molar-refractivity contribution in [1.82, 2.24) is 9.80 Å². The fourth-order valence-corrected chi connectivity index (χ4v) is 2.43. The van der Waals surface area contributed by atoms with Crippen LogP contribution in [0.3, 0.4) is 0 Å². The first kappa shape index (κ1) is 17.3. The summed E-state index contributed by atoms with van der Waals surface area (Å²) in [5, 5.41) is 0. The van der Waals surface area contributed by atoms with Crippen LogP contribution in [0.2, 0.25) is 0 Å². The van der Waals surface area contributed by atoms with Crippen LogP contribution in [-0.4, -0.2) is 35.3 Å². The predicted octanol–water partition coefficient (Wildman–Crippen LogP) is 3.46. The van der Waals surface area contributed by atoms with E-state index in [0.29, 0.717) is 19.1 Å². The molecular formula is C19H26N2O2. The van der Waals surface area contributed by atoms with Crippen molar-refractivity contribution in [1.29, 1.82) is 0 Å². The van der Waals surface area contributed by atoms with Gasteiger partial charge in [-0.15, -0.1) is 0 Å². The molecule has 0 saturated heterocycles. The Morgan fingerprint density at radius 1 is 1.09 bits per heavy atom. The fourth-order valence-electron chi connectivity index (χ4n) is 2.43. The van der Waals surface area contributed by atoms with Gasteiger partial charge in [0.15, 0.2) is 0 Å².